The van der Waals surface area contributed by atoms with E-state index in [1.165, 1.54) is 0 Å². The highest BCUT2D eigenvalue weighted by Gasteiger charge is 2.32. The topological polar surface area (TPSA) is 45.5 Å². The van der Waals surface area contributed by atoms with Crippen LogP contribution in [0.4, 0.5) is 0 Å². The first-order valence-corrected chi connectivity index (χ1v) is 7.79. The number of fused-ring (bicyclic) bond motifs is 2. The first-order chi connectivity index (χ1) is 10.3. The molecule has 2 aromatic rings. The normalized spacial score (nSPS) is 24.6. The minimum Gasteiger partial charge on any atom is -0.463 e. The van der Waals surface area contributed by atoms with Gasteiger partial charge < -0.3 is 14.6 Å². The molecule has 22 heavy (non-hydrogen) atoms. The van der Waals surface area contributed by atoms with E-state index in [0.29, 0.717) is 5.56 Å². The van der Waals surface area contributed by atoms with Gasteiger partial charge in [-0.1, -0.05) is 18.2 Å². The van der Waals surface area contributed by atoms with Crippen LogP contribution in [0.2, 0.25) is 0 Å². The third kappa shape index (κ3) is 2.61. The molecule has 4 rings (SSSR count). The molecule has 0 unspecified atom stereocenters. The van der Waals surface area contributed by atoms with Crippen LogP contribution in [0.1, 0.15) is 23.2 Å². The van der Waals surface area contributed by atoms with Gasteiger partial charge in [-0.05, 0) is 43.8 Å². The zero-order valence-electron chi connectivity index (χ0n) is 12.5. The number of halogens is 1. The number of likely N-dealkylation sites (tertiary alicyclic amines) is 1. The van der Waals surface area contributed by atoms with Gasteiger partial charge in [0.25, 0.3) is 5.91 Å². The highest BCUT2D eigenvalue weighted by Crippen LogP contribution is 2.29. The van der Waals surface area contributed by atoms with Gasteiger partial charge in [0.2, 0.25) is 0 Å². The van der Waals surface area contributed by atoms with E-state index in [2.05, 4.69) is 5.32 Å². The van der Waals surface area contributed by atoms with Crippen LogP contribution in [-0.4, -0.2) is 37.0 Å². The summed E-state index contributed by atoms with van der Waals surface area (Å²) in [6, 6.07) is 7.75. The summed E-state index contributed by atoms with van der Waals surface area (Å²) < 4.78 is 5.51. The van der Waals surface area contributed by atoms with Gasteiger partial charge in [-0.3, -0.25) is 4.79 Å². The average molecular weight is 321 g/mol. The molecular weight excluding hydrogens is 300 g/mol. The molecule has 5 heteroatoms. The number of para-hydroxylation sites is 1. The number of carbonyl (C=O) groups is 1. The standard InChI is InChI=1S/C17H20N2O2.ClH/c20-17(15-11-21-16-4-2-1-3-14(15)16)19-7-5-12-9-18-10-13(12)6-8-19;/h1-4,11-13,18H,5-10H2;1H/t12-,13+;. The van der Waals surface area contributed by atoms with E-state index >= 15 is 0 Å². The van der Waals surface area contributed by atoms with Gasteiger partial charge in [-0.15, -0.1) is 12.4 Å². The largest absolute Gasteiger partial charge is 0.463 e. The lowest BCUT2D eigenvalue weighted by Crippen LogP contribution is -2.32. The van der Waals surface area contributed by atoms with E-state index < -0.39 is 0 Å². The molecule has 2 saturated heterocycles. The van der Waals surface area contributed by atoms with Gasteiger partial charge in [0.05, 0.1) is 5.56 Å². The summed E-state index contributed by atoms with van der Waals surface area (Å²) in [4.78, 5) is 14.8. The fraction of sp³-hybridized carbons (Fsp3) is 0.471. The van der Waals surface area contributed by atoms with Crippen LogP contribution in [0.25, 0.3) is 11.0 Å². The van der Waals surface area contributed by atoms with Gasteiger partial charge in [0.15, 0.2) is 0 Å². The molecule has 0 aliphatic carbocycles. The zero-order valence-corrected chi connectivity index (χ0v) is 13.3. The Morgan fingerprint density at radius 2 is 1.82 bits per heavy atom. The van der Waals surface area contributed by atoms with Gasteiger partial charge in [-0.25, -0.2) is 0 Å². The fourth-order valence-electron chi connectivity index (χ4n) is 3.73. The summed E-state index contributed by atoms with van der Waals surface area (Å²) in [7, 11) is 0. The second-order valence-corrected chi connectivity index (χ2v) is 6.19. The SMILES string of the molecule is Cl.O=C(c1coc2ccccc12)N1CC[C@@H]2CNC[C@@H]2CC1. The van der Waals surface area contributed by atoms with E-state index in [4.69, 9.17) is 4.42 Å². The molecule has 1 amide bonds. The summed E-state index contributed by atoms with van der Waals surface area (Å²) in [5, 5.41) is 4.39. The molecular formula is C17H21ClN2O2. The maximum Gasteiger partial charge on any atom is 0.257 e. The Labute approximate surface area is 136 Å². The van der Waals surface area contributed by atoms with Gasteiger partial charge in [-0.2, -0.15) is 0 Å². The maximum absolute atomic E-state index is 12.8. The lowest BCUT2D eigenvalue weighted by atomic mass is 9.92. The molecule has 0 saturated carbocycles. The average Bonchev–Trinajstić information content (AvgIpc) is 3.09. The Bertz CT molecular complexity index is 655. The number of benzene rings is 1. The Balaban J connectivity index is 0.00000144. The Morgan fingerprint density at radius 3 is 2.55 bits per heavy atom. The smallest absolute Gasteiger partial charge is 0.257 e. The van der Waals surface area contributed by atoms with Crippen molar-refractivity contribution in [1.82, 2.24) is 10.2 Å². The van der Waals surface area contributed by atoms with Crippen molar-refractivity contribution in [3.63, 3.8) is 0 Å². The zero-order chi connectivity index (χ0) is 14.2. The number of carbonyl (C=O) groups excluding carboxylic acids is 1. The van der Waals surface area contributed by atoms with Crippen molar-refractivity contribution in [2.75, 3.05) is 26.2 Å². The number of amides is 1. The molecule has 2 fully saturated rings. The molecule has 4 nitrogen and oxygen atoms in total. The number of rotatable bonds is 1. The summed E-state index contributed by atoms with van der Waals surface area (Å²) in [5.41, 5.74) is 1.49. The van der Waals surface area contributed by atoms with Crippen LogP contribution in [0.5, 0.6) is 0 Å². The highest BCUT2D eigenvalue weighted by atomic mass is 35.5. The molecule has 0 spiro atoms. The molecule has 0 radical (unpaired) electrons. The molecule has 1 aromatic heterocycles. The molecule has 118 valence electrons. The Morgan fingerprint density at radius 1 is 1.14 bits per heavy atom. The summed E-state index contributed by atoms with van der Waals surface area (Å²) >= 11 is 0. The first kappa shape index (κ1) is 15.4. The Hall–Kier alpha value is -1.52. The molecule has 3 heterocycles. The van der Waals surface area contributed by atoms with Crippen LogP contribution in [-0.2, 0) is 0 Å². The quantitative estimate of drug-likeness (QED) is 0.878. The van der Waals surface area contributed by atoms with E-state index in [9.17, 15) is 4.79 Å². The molecule has 2 atom stereocenters. The predicted molar refractivity (Wildman–Crippen MR) is 88.4 cm³/mol. The number of nitrogens with one attached hydrogen (secondary N) is 1. The molecule has 2 aliphatic rings. The van der Waals surface area contributed by atoms with Crippen molar-refractivity contribution in [3.8, 4) is 0 Å². The second-order valence-electron chi connectivity index (χ2n) is 6.19. The van der Waals surface area contributed by atoms with E-state index in [1.54, 1.807) is 6.26 Å². The number of nitrogens with zero attached hydrogens (tertiary/aromatic N) is 1. The minimum absolute atomic E-state index is 0. The van der Waals surface area contributed by atoms with Crippen molar-refractivity contribution in [2.45, 2.75) is 12.8 Å². The van der Waals surface area contributed by atoms with Crippen LogP contribution < -0.4 is 5.32 Å². The lowest BCUT2D eigenvalue weighted by Gasteiger charge is -2.20. The lowest BCUT2D eigenvalue weighted by molar-refractivity contribution is 0.0759. The van der Waals surface area contributed by atoms with Crippen LogP contribution in [0.15, 0.2) is 34.9 Å². The summed E-state index contributed by atoms with van der Waals surface area (Å²) in [6.07, 6.45) is 3.83. The molecule has 2 aliphatic heterocycles. The van der Waals surface area contributed by atoms with Gasteiger partial charge in [0.1, 0.15) is 11.8 Å². The van der Waals surface area contributed by atoms with Gasteiger partial charge >= 0.3 is 0 Å². The van der Waals surface area contributed by atoms with Crippen molar-refractivity contribution >= 4 is 29.3 Å². The first-order valence-electron chi connectivity index (χ1n) is 7.79. The Kier molecular flexibility index (Phi) is 4.41. The summed E-state index contributed by atoms with van der Waals surface area (Å²) in [5.74, 6) is 1.60. The third-order valence-corrected chi connectivity index (χ3v) is 5.02. The van der Waals surface area contributed by atoms with E-state index in [-0.39, 0.29) is 18.3 Å². The number of hydrogen-bond acceptors (Lipinski definition) is 3. The number of hydrogen-bond donors (Lipinski definition) is 1. The molecule has 1 aromatic carbocycles. The number of furan rings is 1. The molecule has 0 bridgehead atoms. The van der Waals surface area contributed by atoms with E-state index in [0.717, 1.165) is 61.8 Å². The summed E-state index contributed by atoms with van der Waals surface area (Å²) in [6.45, 7) is 3.95. The fourth-order valence-corrected chi connectivity index (χ4v) is 3.73. The monoisotopic (exact) mass is 320 g/mol. The van der Waals surface area contributed by atoms with Gasteiger partial charge in [0, 0.05) is 18.5 Å². The third-order valence-electron chi connectivity index (χ3n) is 5.02. The van der Waals surface area contributed by atoms with Crippen LogP contribution >= 0.6 is 12.4 Å². The second kappa shape index (κ2) is 6.31. The van der Waals surface area contributed by atoms with Crippen molar-refractivity contribution < 1.29 is 9.21 Å². The van der Waals surface area contributed by atoms with Crippen LogP contribution in [0, 0.1) is 11.8 Å². The highest BCUT2D eigenvalue weighted by molar-refractivity contribution is 6.05. The van der Waals surface area contributed by atoms with Crippen molar-refractivity contribution in [1.29, 1.82) is 0 Å². The van der Waals surface area contributed by atoms with Crippen LogP contribution in [0.3, 0.4) is 0 Å². The predicted octanol–water partition coefficient (Wildman–Crippen LogP) is 2.93. The van der Waals surface area contributed by atoms with E-state index in [1.807, 2.05) is 29.2 Å². The van der Waals surface area contributed by atoms with Crippen molar-refractivity contribution in [2.24, 2.45) is 11.8 Å². The maximum atomic E-state index is 12.8. The minimum atomic E-state index is 0. The molecule has 1 N–H and O–H groups in total. The van der Waals surface area contributed by atoms with Crippen molar-refractivity contribution in [3.05, 3.63) is 36.1 Å².